The molecule has 0 aromatic heterocycles. The van der Waals surface area contributed by atoms with Crippen LogP contribution >= 0.6 is 24.0 Å². The largest absolute Gasteiger partial charge is 0.444 e. The number of nitrogens with one attached hydrogen (secondary N) is 3. The Morgan fingerprint density at radius 1 is 1.14 bits per heavy atom. The fraction of sp³-hybridized carbons (Fsp3) is 0.579. The summed E-state index contributed by atoms with van der Waals surface area (Å²) >= 11 is 0. The molecule has 1 amide bonds. The van der Waals surface area contributed by atoms with Gasteiger partial charge in [-0.15, -0.1) is 24.0 Å². The first-order chi connectivity index (χ1) is 12.4. The van der Waals surface area contributed by atoms with Crippen molar-refractivity contribution in [3.63, 3.8) is 0 Å². The number of hydrogen-bond acceptors (Lipinski definition) is 3. The van der Waals surface area contributed by atoms with E-state index in [2.05, 4.69) is 20.9 Å². The van der Waals surface area contributed by atoms with Crippen molar-refractivity contribution in [1.29, 1.82) is 0 Å². The molecule has 0 aliphatic carbocycles. The van der Waals surface area contributed by atoms with Gasteiger partial charge in [0.1, 0.15) is 5.60 Å². The van der Waals surface area contributed by atoms with Gasteiger partial charge < -0.3 is 20.7 Å². The molecule has 160 valence electrons. The summed E-state index contributed by atoms with van der Waals surface area (Å²) in [7, 11) is 1.60. The molecular formula is C19H31F2IN4O2. The Bertz CT molecular complexity index is 676. The second-order valence-corrected chi connectivity index (χ2v) is 7.83. The molecule has 1 aromatic rings. The number of halogens is 3. The van der Waals surface area contributed by atoms with Crippen LogP contribution in [0.25, 0.3) is 0 Å². The molecule has 0 atom stereocenters. The minimum Gasteiger partial charge on any atom is -0.444 e. The van der Waals surface area contributed by atoms with Gasteiger partial charge in [-0.25, -0.2) is 13.6 Å². The van der Waals surface area contributed by atoms with E-state index in [0.29, 0.717) is 31.0 Å². The molecule has 3 N–H and O–H groups in total. The number of nitrogens with zero attached hydrogens (tertiary/aromatic N) is 1. The highest BCUT2D eigenvalue weighted by Crippen LogP contribution is 2.11. The number of guanidine groups is 1. The average Bonchev–Trinajstić information content (AvgIpc) is 2.52. The number of benzene rings is 1. The standard InChI is InChI=1S/C19H30F2N4O2.HI/c1-18(2,3)27-17(26)25-19(4,5)12-24-16(22-6)23-11-10-13-8-7-9-14(20)15(13)21;/h7-9H,10-12H2,1-6H3,(H,25,26)(H2,22,23,24);1H. The molecule has 1 rings (SSSR count). The first-order valence-corrected chi connectivity index (χ1v) is 8.82. The molecule has 0 saturated heterocycles. The lowest BCUT2D eigenvalue weighted by Crippen LogP contribution is -2.54. The molecule has 0 aliphatic heterocycles. The summed E-state index contributed by atoms with van der Waals surface area (Å²) in [5.74, 6) is -1.19. The van der Waals surface area contributed by atoms with E-state index >= 15 is 0 Å². The molecule has 0 saturated carbocycles. The Kier molecular flexibility index (Phi) is 10.7. The quantitative estimate of drug-likeness (QED) is 0.310. The highest BCUT2D eigenvalue weighted by molar-refractivity contribution is 14.0. The minimum absolute atomic E-state index is 0. The molecule has 0 fully saturated rings. The van der Waals surface area contributed by atoms with Gasteiger partial charge in [0.25, 0.3) is 0 Å². The highest BCUT2D eigenvalue weighted by Gasteiger charge is 2.24. The second kappa shape index (κ2) is 11.4. The predicted molar refractivity (Wildman–Crippen MR) is 118 cm³/mol. The van der Waals surface area contributed by atoms with Crippen LogP contribution in [-0.2, 0) is 11.2 Å². The van der Waals surface area contributed by atoms with E-state index in [9.17, 15) is 13.6 Å². The van der Waals surface area contributed by atoms with Gasteiger partial charge >= 0.3 is 6.09 Å². The summed E-state index contributed by atoms with van der Waals surface area (Å²) < 4.78 is 32.1. The number of amides is 1. The van der Waals surface area contributed by atoms with Crippen LogP contribution in [0.2, 0.25) is 0 Å². The maximum absolute atomic E-state index is 13.7. The molecule has 0 aliphatic rings. The number of aliphatic imine (C=N–C) groups is 1. The smallest absolute Gasteiger partial charge is 0.408 e. The van der Waals surface area contributed by atoms with Crippen molar-refractivity contribution in [3.05, 3.63) is 35.4 Å². The van der Waals surface area contributed by atoms with Crippen LogP contribution in [0.15, 0.2) is 23.2 Å². The van der Waals surface area contributed by atoms with Crippen LogP contribution in [0.1, 0.15) is 40.2 Å². The summed E-state index contributed by atoms with van der Waals surface area (Å²) in [5.41, 5.74) is -0.865. The fourth-order valence-corrected chi connectivity index (χ4v) is 2.21. The molecule has 0 bridgehead atoms. The topological polar surface area (TPSA) is 74.8 Å². The Morgan fingerprint density at radius 2 is 1.79 bits per heavy atom. The van der Waals surface area contributed by atoms with Crippen LogP contribution in [0.4, 0.5) is 13.6 Å². The van der Waals surface area contributed by atoms with Crippen molar-refractivity contribution in [3.8, 4) is 0 Å². The molecule has 0 spiro atoms. The maximum atomic E-state index is 13.7. The SMILES string of the molecule is CN=C(NCCc1cccc(F)c1F)NCC(C)(C)NC(=O)OC(C)(C)C.I. The highest BCUT2D eigenvalue weighted by atomic mass is 127. The molecule has 6 nitrogen and oxygen atoms in total. The zero-order valence-corrected chi connectivity index (χ0v) is 19.6. The normalized spacial score (nSPS) is 12.1. The third-order valence-corrected chi connectivity index (χ3v) is 3.48. The zero-order chi connectivity index (χ0) is 20.7. The van der Waals surface area contributed by atoms with E-state index in [1.807, 2.05) is 13.8 Å². The summed E-state index contributed by atoms with van der Waals surface area (Å²) in [6.07, 6.45) is -0.192. The van der Waals surface area contributed by atoms with E-state index in [0.717, 1.165) is 6.07 Å². The van der Waals surface area contributed by atoms with Crippen molar-refractivity contribution >= 4 is 36.0 Å². The van der Waals surface area contributed by atoms with Crippen LogP contribution in [0, 0.1) is 11.6 Å². The monoisotopic (exact) mass is 512 g/mol. The Morgan fingerprint density at radius 3 is 2.36 bits per heavy atom. The van der Waals surface area contributed by atoms with Crippen molar-refractivity contribution in [2.75, 3.05) is 20.1 Å². The average molecular weight is 512 g/mol. The predicted octanol–water partition coefficient (Wildman–Crippen LogP) is 3.59. The van der Waals surface area contributed by atoms with Gasteiger partial charge in [0.05, 0.1) is 5.54 Å². The number of carbonyl (C=O) groups excluding carboxylic acids is 1. The molecule has 0 heterocycles. The molecule has 0 radical (unpaired) electrons. The van der Waals surface area contributed by atoms with E-state index in [-0.39, 0.29) is 24.0 Å². The summed E-state index contributed by atoms with van der Waals surface area (Å²) in [6.45, 7) is 9.85. The molecule has 1 aromatic carbocycles. The van der Waals surface area contributed by atoms with E-state index < -0.39 is 28.9 Å². The Hall–Kier alpha value is -1.65. The summed E-state index contributed by atoms with van der Waals surface area (Å²) in [6, 6.07) is 4.11. The summed E-state index contributed by atoms with van der Waals surface area (Å²) in [5, 5.41) is 8.92. The van der Waals surface area contributed by atoms with Gasteiger partial charge in [0.2, 0.25) is 0 Å². The number of rotatable bonds is 6. The third-order valence-electron chi connectivity index (χ3n) is 3.48. The zero-order valence-electron chi connectivity index (χ0n) is 17.3. The van der Waals surface area contributed by atoms with Gasteiger partial charge in [-0.2, -0.15) is 0 Å². The van der Waals surface area contributed by atoms with Crippen molar-refractivity contribution in [2.24, 2.45) is 4.99 Å². The van der Waals surface area contributed by atoms with E-state index in [1.165, 1.54) is 6.07 Å². The fourth-order valence-electron chi connectivity index (χ4n) is 2.21. The molecule has 0 unspecified atom stereocenters. The second-order valence-electron chi connectivity index (χ2n) is 7.83. The number of alkyl carbamates (subject to hydrolysis) is 1. The lowest BCUT2D eigenvalue weighted by molar-refractivity contribution is 0.0474. The van der Waals surface area contributed by atoms with Gasteiger partial charge in [0.15, 0.2) is 17.6 Å². The van der Waals surface area contributed by atoms with Crippen LogP contribution < -0.4 is 16.0 Å². The van der Waals surface area contributed by atoms with Gasteiger partial charge in [-0.1, -0.05) is 12.1 Å². The number of ether oxygens (including phenoxy) is 1. The lowest BCUT2D eigenvalue weighted by Gasteiger charge is -2.29. The van der Waals surface area contributed by atoms with Gasteiger partial charge in [-0.3, -0.25) is 4.99 Å². The van der Waals surface area contributed by atoms with Crippen LogP contribution in [0.5, 0.6) is 0 Å². The van der Waals surface area contributed by atoms with Gasteiger partial charge in [0, 0.05) is 20.1 Å². The Labute approximate surface area is 182 Å². The third kappa shape index (κ3) is 10.0. The minimum atomic E-state index is -0.857. The lowest BCUT2D eigenvalue weighted by atomic mass is 10.1. The first kappa shape index (κ1) is 26.3. The molecular weight excluding hydrogens is 481 g/mol. The van der Waals surface area contributed by atoms with Crippen molar-refractivity contribution < 1.29 is 18.3 Å². The van der Waals surface area contributed by atoms with E-state index in [1.54, 1.807) is 33.9 Å². The maximum Gasteiger partial charge on any atom is 0.408 e. The first-order valence-electron chi connectivity index (χ1n) is 8.82. The van der Waals surface area contributed by atoms with Crippen LogP contribution in [0.3, 0.4) is 0 Å². The number of hydrogen-bond donors (Lipinski definition) is 3. The van der Waals surface area contributed by atoms with Crippen LogP contribution in [-0.4, -0.2) is 43.3 Å². The van der Waals surface area contributed by atoms with E-state index in [4.69, 9.17) is 4.74 Å². The Balaban J connectivity index is 0.00000729. The number of carbonyl (C=O) groups is 1. The molecule has 28 heavy (non-hydrogen) atoms. The molecule has 9 heteroatoms. The summed E-state index contributed by atoms with van der Waals surface area (Å²) in [4.78, 5) is 16.0. The van der Waals surface area contributed by atoms with Crippen molar-refractivity contribution in [2.45, 2.75) is 52.2 Å². The van der Waals surface area contributed by atoms with Gasteiger partial charge in [-0.05, 0) is 52.7 Å². The van der Waals surface area contributed by atoms with Crippen molar-refractivity contribution in [1.82, 2.24) is 16.0 Å².